The van der Waals surface area contributed by atoms with Gasteiger partial charge in [0.2, 0.25) is 3.79 Å². The van der Waals surface area contributed by atoms with Gasteiger partial charge >= 0.3 is 11.9 Å². The lowest BCUT2D eigenvalue weighted by molar-refractivity contribution is -0.163. The number of nitrogens with zero attached hydrogens (tertiary/aromatic N) is 1. The van der Waals surface area contributed by atoms with Gasteiger partial charge in [-0.15, -0.1) is 0 Å². The van der Waals surface area contributed by atoms with Crippen LogP contribution in [0.4, 0.5) is 0 Å². The molecule has 35 heavy (non-hydrogen) atoms. The summed E-state index contributed by atoms with van der Waals surface area (Å²) in [6, 6.07) is -1.74. The van der Waals surface area contributed by atoms with Crippen molar-refractivity contribution in [2.45, 2.75) is 76.4 Å². The van der Waals surface area contributed by atoms with E-state index >= 15 is 0 Å². The van der Waals surface area contributed by atoms with E-state index in [0.717, 1.165) is 0 Å². The number of hydrazine groups is 1. The molecule has 1 fully saturated rings. The molecule has 9 nitrogen and oxygen atoms in total. The quantitative estimate of drug-likeness (QED) is 0.241. The number of ether oxygens (including phenoxy) is 2. The summed E-state index contributed by atoms with van der Waals surface area (Å²) in [5.74, 6) is -2.97. The van der Waals surface area contributed by atoms with Gasteiger partial charge in [0.05, 0.1) is 5.92 Å². The van der Waals surface area contributed by atoms with E-state index in [2.05, 4.69) is 10.7 Å². The van der Waals surface area contributed by atoms with Gasteiger partial charge in [-0.3, -0.25) is 24.2 Å². The van der Waals surface area contributed by atoms with Gasteiger partial charge in [-0.1, -0.05) is 74.6 Å². The highest BCUT2D eigenvalue weighted by Crippen LogP contribution is 2.26. The molecule has 1 heterocycles. The summed E-state index contributed by atoms with van der Waals surface area (Å²) in [5.41, 5.74) is 2.80. The normalized spacial score (nSPS) is 20.2. The Hall–Kier alpha value is -1.55. The lowest BCUT2D eigenvalue weighted by atomic mass is 9.95. The zero-order valence-corrected chi connectivity index (χ0v) is 23.2. The number of allylic oxidation sites excluding steroid dienone is 2. The molecule has 0 aromatic carbocycles. The third-order valence-corrected chi connectivity index (χ3v) is 5.93. The van der Waals surface area contributed by atoms with Crippen LogP contribution in [0.5, 0.6) is 0 Å². The minimum Gasteiger partial charge on any atom is -0.460 e. The zero-order chi connectivity index (χ0) is 26.9. The van der Waals surface area contributed by atoms with Crippen LogP contribution in [0.1, 0.15) is 54.4 Å². The third kappa shape index (κ3) is 10.5. The van der Waals surface area contributed by atoms with Crippen molar-refractivity contribution < 1.29 is 28.7 Å². The predicted octanol–water partition coefficient (Wildman–Crippen LogP) is 3.32. The first-order valence-corrected chi connectivity index (χ1v) is 12.8. The first-order chi connectivity index (χ1) is 16.2. The van der Waals surface area contributed by atoms with Crippen LogP contribution >= 0.6 is 34.8 Å². The predicted molar refractivity (Wildman–Crippen MR) is 135 cm³/mol. The highest BCUT2D eigenvalue weighted by Gasteiger charge is 2.35. The van der Waals surface area contributed by atoms with Crippen molar-refractivity contribution in [3.8, 4) is 0 Å². The number of amides is 2. The number of carbonyl (C=O) groups is 4. The Labute approximate surface area is 222 Å². The van der Waals surface area contributed by atoms with E-state index in [1.807, 2.05) is 26.0 Å². The summed E-state index contributed by atoms with van der Waals surface area (Å²) in [5, 5.41) is 3.87. The molecular formula is C23H36Cl3N3O6. The summed E-state index contributed by atoms with van der Waals surface area (Å²) in [6.45, 7) is 10.4. The molecule has 2 N–H and O–H groups in total. The molecule has 0 saturated carbocycles. The molecule has 0 radical (unpaired) electrons. The molecule has 0 aliphatic carbocycles. The number of hydrogen-bond acceptors (Lipinski definition) is 7. The summed E-state index contributed by atoms with van der Waals surface area (Å²) in [6.07, 6.45) is 3.65. The van der Waals surface area contributed by atoms with Crippen LogP contribution < -0.4 is 10.7 Å². The summed E-state index contributed by atoms with van der Waals surface area (Å²) < 4.78 is 8.76. The highest BCUT2D eigenvalue weighted by atomic mass is 35.6. The van der Waals surface area contributed by atoms with Crippen LogP contribution in [-0.4, -0.2) is 63.9 Å². The fraction of sp³-hybridized carbons (Fsp3) is 0.739. The average molecular weight is 557 g/mol. The molecule has 0 spiro atoms. The van der Waals surface area contributed by atoms with E-state index < -0.39 is 58.3 Å². The minimum absolute atomic E-state index is 0.0524. The fourth-order valence-electron chi connectivity index (χ4n) is 3.37. The van der Waals surface area contributed by atoms with E-state index in [1.54, 1.807) is 20.8 Å². The number of rotatable bonds is 10. The third-order valence-electron chi connectivity index (χ3n) is 5.61. The Balaban J connectivity index is 2.74. The van der Waals surface area contributed by atoms with Crippen molar-refractivity contribution in [1.29, 1.82) is 0 Å². The van der Waals surface area contributed by atoms with Crippen molar-refractivity contribution in [2.75, 3.05) is 13.2 Å². The average Bonchev–Trinajstić information content (AvgIpc) is 2.79. The molecule has 12 heteroatoms. The van der Waals surface area contributed by atoms with Gasteiger partial charge in [-0.05, 0) is 38.5 Å². The van der Waals surface area contributed by atoms with Crippen molar-refractivity contribution in [3.05, 3.63) is 12.2 Å². The number of carbonyl (C=O) groups excluding carboxylic acids is 4. The first-order valence-electron chi connectivity index (χ1n) is 11.6. The maximum atomic E-state index is 12.9. The molecule has 1 aliphatic rings. The van der Waals surface area contributed by atoms with E-state index in [1.165, 1.54) is 11.9 Å². The van der Waals surface area contributed by atoms with E-state index in [0.29, 0.717) is 19.4 Å². The highest BCUT2D eigenvalue weighted by molar-refractivity contribution is 6.67. The maximum absolute atomic E-state index is 12.9. The minimum atomic E-state index is -1.74. The van der Waals surface area contributed by atoms with Gasteiger partial charge in [-0.2, -0.15) is 0 Å². The molecule has 0 bridgehead atoms. The van der Waals surface area contributed by atoms with Crippen molar-refractivity contribution in [2.24, 2.45) is 17.8 Å². The Morgan fingerprint density at radius 1 is 1.14 bits per heavy atom. The van der Waals surface area contributed by atoms with Gasteiger partial charge in [-0.25, -0.2) is 5.43 Å². The molecule has 2 amide bonds. The van der Waals surface area contributed by atoms with E-state index in [9.17, 15) is 19.2 Å². The Morgan fingerprint density at radius 2 is 1.77 bits per heavy atom. The van der Waals surface area contributed by atoms with Gasteiger partial charge in [0.25, 0.3) is 11.8 Å². The van der Waals surface area contributed by atoms with Crippen LogP contribution in [0, 0.1) is 17.8 Å². The van der Waals surface area contributed by atoms with Gasteiger partial charge < -0.3 is 14.8 Å². The van der Waals surface area contributed by atoms with Gasteiger partial charge in [0, 0.05) is 6.54 Å². The van der Waals surface area contributed by atoms with Crippen molar-refractivity contribution in [3.63, 3.8) is 0 Å². The van der Waals surface area contributed by atoms with Crippen LogP contribution in [0.25, 0.3) is 0 Å². The standard InChI is InChI=1S/C23H36Cl3N3O6/c1-7-9-14(4)15(5)21(32)35-18(13(2)3)19(30)27-16(6)20(31)29-11-8-10-17(28-29)22(33)34-12-23(24,25)26/h7,9,13-18,28H,8,10-12H2,1-6H3,(H,27,30)/b9-7+. The number of alkyl halides is 3. The van der Waals surface area contributed by atoms with Gasteiger partial charge in [0.15, 0.2) is 6.10 Å². The second kappa shape index (κ2) is 14.3. The van der Waals surface area contributed by atoms with E-state index in [-0.39, 0.29) is 11.8 Å². The van der Waals surface area contributed by atoms with Crippen LogP contribution in [0.2, 0.25) is 0 Å². The molecule has 200 valence electrons. The van der Waals surface area contributed by atoms with Crippen molar-refractivity contribution >= 4 is 58.6 Å². The second-order valence-corrected chi connectivity index (χ2v) is 11.6. The SMILES string of the molecule is C/C=C/C(C)C(C)C(=O)OC(C(=O)NC(C)C(=O)N1CCCC(C(=O)OCC(Cl)(Cl)Cl)N1)C(C)C. The first kappa shape index (κ1) is 31.5. The number of halogens is 3. The lowest BCUT2D eigenvalue weighted by Crippen LogP contribution is -2.60. The molecule has 0 aromatic rings. The van der Waals surface area contributed by atoms with Crippen LogP contribution in [0.3, 0.4) is 0 Å². The molecule has 1 aliphatic heterocycles. The molecule has 0 aromatic heterocycles. The number of esters is 2. The summed E-state index contributed by atoms with van der Waals surface area (Å²) in [7, 11) is 0. The lowest BCUT2D eigenvalue weighted by Gasteiger charge is -2.34. The molecule has 5 unspecified atom stereocenters. The number of hydrogen-bond donors (Lipinski definition) is 2. The summed E-state index contributed by atoms with van der Waals surface area (Å²) in [4.78, 5) is 50.6. The molecule has 1 saturated heterocycles. The molecular weight excluding hydrogens is 521 g/mol. The smallest absolute Gasteiger partial charge is 0.325 e. The van der Waals surface area contributed by atoms with E-state index in [4.69, 9.17) is 44.3 Å². The fourth-order valence-corrected chi connectivity index (χ4v) is 3.53. The maximum Gasteiger partial charge on any atom is 0.325 e. The number of nitrogens with one attached hydrogen (secondary N) is 2. The Morgan fingerprint density at radius 3 is 2.31 bits per heavy atom. The summed E-state index contributed by atoms with van der Waals surface area (Å²) >= 11 is 16.8. The topological polar surface area (TPSA) is 114 Å². The zero-order valence-electron chi connectivity index (χ0n) is 21.0. The monoisotopic (exact) mass is 555 g/mol. The van der Waals surface area contributed by atoms with Crippen molar-refractivity contribution in [1.82, 2.24) is 15.8 Å². The second-order valence-electron chi connectivity index (χ2n) is 9.04. The van der Waals surface area contributed by atoms with Gasteiger partial charge in [0.1, 0.15) is 18.7 Å². The Bertz CT molecular complexity index is 787. The molecule has 1 rings (SSSR count). The largest absolute Gasteiger partial charge is 0.460 e. The molecule has 5 atom stereocenters. The van der Waals surface area contributed by atoms with Crippen LogP contribution in [-0.2, 0) is 28.7 Å². The Kier molecular flexibility index (Phi) is 12.8. The van der Waals surface area contributed by atoms with Crippen LogP contribution in [0.15, 0.2) is 12.2 Å².